The summed E-state index contributed by atoms with van der Waals surface area (Å²) in [4.78, 5) is 2.25. The van der Waals surface area contributed by atoms with Gasteiger partial charge in [0.15, 0.2) is 0 Å². The molecule has 1 atom stereocenters. The summed E-state index contributed by atoms with van der Waals surface area (Å²) in [7, 11) is 0.497. The van der Waals surface area contributed by atoms with Gasteiger partial charge in [-0.15, -0.1) is 0 Å². The molecule has 0 saturated heterocycles. The molecule has 1 aromatic heterocycles. The number of aromatic amines is 1. The molecule has 0 aliphatic heterocycles. The van der Waals surface area contributed by atoms with Crippen molar-refractivity contribution in [1.29, 1.82) is 0 Å². The summed E-state index contributed by atoms with van der Waals surface area (Å²) in [5.41, 5.74) is 0. The number of rotatable bonds is 8. The molecule has 6 nitrogen and oxygen atoms in total. The SMILES string of the molecule is CCC(CC)C(CNS(=O)(=O)c1cn[nH]c1)N(C)C. The van der Waals surface area contributed by atoms with Gasteiger partial charge in [0.2, 0.25) is 10.0 Å². The Morgan fingerprint density at radius 1 is 1.37 bits per heavy atom. The van der Waals surface area contributed by atoms with Gasteiger partial charge >= 0.3 is 0 Å². The van der Waals surface area contributed by atoms with E-state index >= 15 is 0 Å². The van der Waals surface area contributed by atoms with Crippen molar-refractivity contribution in [2.45, 2.75) is 37.6 Å². The van der Waals surface area contributed by atoms with E-state index in [9.17, 15) is 8.42 Å². The third-order valence-corrected chi connectivity index (χ3v) is 4.91. The monoisotopic (exact) mass is 288 g/mol. The highest BCUT2D eigenvalue weighted by Crippen LogP contribution is 2.17. The average molecular weight is 288 g/mol. The molecule has 7 heteroatoms. The highest BCUT2D eigenvalue weighted by atomic mass is 32.2. The Bertz CT molecular complexity index is 452. The lowest BCUT2D eigenvalue weighted by Crippen LogP contribution is -2.44. The molecule has 0 amide bonds. The maximum atomic E-state index is 12.0. The van der Waals surface area contributed by atoms with Crippen molar-refractivity contribution >= 4 is 10.0 Å². The van der Waals surface area contributed by atoms with E-state index in [0.29, 0.717) is 12.5 Å². The minimum absolute atomic E-state index is 0.176. The molecular weight excluding hydrogens is 264 g/mol. The van der Waals surface area contributed by atoms with Gasteiger partial charge in [-0.05, 0) is 20.0 Å². The molecule has 1 heterocycles. The molecule has 19 heavy (non-hydrogen) atoms. The third-order valence-electron chi connectivity index (χ3n) is 3.52. The number of likely N-dealkylation sites (N-methyl/N-ethyl adjacent to an activating group) is 1. The van der Waals surface area contributed by atoms with E-state index in [2.05, 4.69) is 33.7 Å². The van der Waals surface area contributed by atoms with Crippen molar-refractivity contribution in [2.24, 2.45) is 5.92 Å². The first-order valence-electron chi connectivity index (χ1n) is 6.57. The van der Waals surface area contributed by atoms with Crippen LogP contribution in [0.5, 0.6) is 0 Å². The molecule has 1 rings (SSSR count). The fourth-order valence-electron chi connectivity index (χ4n) is 2.27. The van der Waals surface area contributed by atoms with E-state index in [1.54, 1.807) is 0 Å². The first-order valence-corrected chi connectivity index (χ1v) is 8.05. The van der Waals surface area contributed by atoms with E-state index in [1.165, 1.54) is 12.4 Å². The number of sulfonamides is 1. The molecule has 0 radical (unpaired) electrons. The van der Waals surface area contributed by atoms with Crippen molar-refractivity contribution in [2.75, 3.05) is 20.6 Å². The standard InChI is InChI=1S/C12H24N4O2S/c1-5-10(6-2)12(16(3)4)9-15-19(17,18)11-7-13-14-8-11/h7-8,10,12,15H,5-6,9H2,1-4H3,(H,13,14). The zero-order chi connectivity index (χ0) is 14.5. The Labute approximate surface area is 115 Å². The zero-order valence-electron chi connectivity index (χ0n) is 12.0. The maximum absolute atomic E-state index is 12.0. The lowest BCUT2D eigenvalue weighted by Gasteiger charge is -2.31. The maximum Gasteiger partial charge on any atom is 0.243 e. The predicted molar refractivity (Wildman–Crippen MR) is 75.3 cm³/mol. The summed E-state index contributed by atoms with van der Waals surface area (Å²) in [6.45, 7) is 4.68. The van der Waals surface area contributed by atoms with Crippen LogP contribution in [0.2, 0.25) is 0 Å². The van der Waals surface area contributed by atoms with Crippen molar-refractivity contribution in [3.63, 3.8) is 0 Å². The number of hydrogen-bond donors (Lipinski definition) is 2. The molecule has 0 aliphatic rings. The second kappa shape index (κ2) is 7.02. The molecule has 110 valence electrons. The van der Waals surface area contributed by atoms with Crippen LogP contribution in [0.3, 0.4) is 0 Å². The number of nitrogens with zero attached hydrogens (tertiary/aromatic N) is 2. The fourth-order valence-corrected chi connectivity index (χ4v) is 3.22. The van der Waals surface area contributed by atoms with Crippen LogP contribution in [0.1, 0.15) is 26.7 Å². The molecule has 0 spiro atoms. The smallest absolute Gasteiger partial charge is 0.243 e. The molecule has 0 aromatic carbocycles. The third kappa shape index (κ3) is 4.29. The van der Waals surface area contributed by atoms with Crippen molar-refractivity contribution in [1.82, 2.24) is 19.8 Å². The van der Waals surface area contributed by atoms with Crippen LogP contribution in [0.15, 0.2) is 17.3 Å². The first kappa shape index (κ1) is 16.1. The Morgan fingerprint density at radius 3 is 2.42 bits per heavy atom. The normalized spacial score (nSPS) is 14.2. The van der Waals surface area contributed by atoms with Crippen LogP contribution in [0, 0.1) is 5.92 Å². The van der Waals surface area contributed by atoms with Gasteiger partial charge in [-0.3, -0.25) is 5.10 Å². The highest BCUT2D eigenvalue weighted by Gasteiger charge is 2.23. The summed E-state index contributed by atoms with van der Waals surface area (Å²) in [5.74, 6) is 0.474. The van der Waals surface area contributed by atoms with Crippen LogP contribution < -0.4 is 4.72 Å². The van der Waals surface area contributed by atoms with Crippen LogP contribution in [0.25, 0.3) is 0 Å². The van der Waals surface area contributed by atoms with Gasteiger partial charge in [0.1, 0.15) is 4.90 Å². The summed E-state index contributed by atoms with van der Waals surface area (Å²) < 4.78 is 26.7. The highest BCUT2D eigenvalue weighted by molar-refractivity contribution is 7.89. The second-order valence-corrected chi connectivity index (χ2v) is 6.66. The minimum Gasteiger partial charge on any atom is -0.305 e. The van der Waals surface area contributed by atoms with Gasteiger partial charge in [0.25, 0.3) is 0 Å². The number of hydrogen-bond acceptors (Lipinski definition) is 4. The van der Waals surface area contributed by atoms with Crippen molar-refractivity contribution < 1.29 is 8.42 Å². The fraction of sp³-hybridized carbons (Fsp3) is 0.750. The van der Waals surface area contributed by atoms with Gasteiger partial charge < -0.3 is 4.90 Å². The second-order valence-electron chi connectivity index (χ2n) is 4.89. The van der Waals surface area contributed by atoms with Crippen LogP contribution in [0.4, 0.5) is 0 Å². The molecular formula is C12H24N4O2S. The Morgan fingerprint density at radius 2 is 2.00 bits per heavy atom. The number of aromatic nitrogens is 2. The quantitative estimate of drug-likeness (QED) is 0.749. The van der Waals surface area contributed by atoms with Gasteiger partial charge in [-0.1, -0.05) is 26.7 Å². The predicted octanol–water partition coefficient (Wildman–Crippen LogP) is 1.05. The van der Waals surface area contributed by atoms with E-state index < -0.39 is 10.0 Å². The summed E-state index contributed by atoms with van der Waals surface area (Å²) in [6.07, 6.45) is 4.76. The molecule has 1 aromatic rings. The summed E-state index contributed by atoms with van der Waals surface area (Å²) in [6, 6.07) is 0.191. The Kier molecular flexibility index (Phi) is 5.96. The topological polar surface area (TPSA) is 78.1 Å². The van der Waals surface area contributed by atoms with E-state index in [-0.39, 0.29) is 10.9 Å². The summed E-state index contributed by atoms with van der Waals surface area (Å²) in [5, 5.41) is 6.18. The van der Waals surface area contributed by atoms with E-state index in [4.69, 9.17) is 0 Å². The number of nitrogens with one attached hydrogen (secondary N) is 2. The molecule has 0 bridgehead atoms. The van der Waals surface area contributed by atoms with Gasteiger partial charge in [0, 0.05) is 18.8 Å². The van der Waals surface area contributed by atoms with Gasteiger partial charge in [0.05, 0.1) is 6.20 Å². The van der Waals surface area contributed by atoms with Gasteiger partial charge in [-0.2, -0.15) is 5.10 Å². The Hall–Kier alpha value is -0.920. The minimum atomic E-state index is -3.47. The van der Waals surface area contributed by atoms with Gasteiger partial charge in [-0.25, -0.2) is 13.1 Å². The van der Waals surface area contributed by atoms with Crippen LogP contribution >= 0.6 is 0 Å². The van der Waals surface area contributed by atoms with Crippen molar-refractivity contribution in [3.8, 4) is 0 Å². The first-order chi connectivity index (χ1) is 8.92. The Balaban J connectivity index is 2.72. The largest absolute Gasteiger partial charge is 0.305 e. The van der Waals surface area contributed by atoms with E-state index in [1.807, 2.05) is 14.1 Å². The number of H-pyrrole nitrogens is 1. The van der Waals surface area contributed by atoms with E-state index in [0.717, 1.165) is 12.8 Å². The molecule has 0 aliphatic carbocycles. The molecule has 0 fully saturated rings. The molecule has 1 unspecified atom stereocenters. The lowest BCUT2D eigenvalue weighted by atomic mass is 9.93. The molecule has 0 saturated carbocycles. The molecule has 2 N–H and O–H groups in total. The van der Waals surface area contributed by atoms with Crippen LogP contribution in [-0.4, -0.2) is 50.2 Å². The van der Waals surface area contributed by atoms with Crippen molar-refractivity contribution in [3.05, 3.63) is 12.4 Å². The zero-order valence-corrected chi connectivity index (χ0v) is 12.9. The lowest BCUT2D eigenvalue weighted by molar-refractivity contribution is 0.201. The average Bonchev–Trinajstić information content (AvgIpc) is 2.88. The van der Waals surface area contributed by atoms with Crippen LogP contribution in [-0.2, 0) is 10.0 Å². The summed E-state index contributed by atoms with van der Waals surface area (Å²) >= 11 is 0.